The average molecular weight is 156 g/mol. The minimum absolute atomic E-state index is 1.04. The molecule has 0 bridgehead atoms. The van der Waals surface area contributed by atoms with Crippen molar-refractivity contribution in [2.24, 2.45) is 0 Å². The monoisotopic (exact) mass is 156 g/mol. The third-order valence-electron chi connectivity index (χ3n) is 1.55. The highest BCUT2D eigenvalue weighted by molar-refractivity contribution is 5.81. The predicted molar refractivity (Wildman–Crippen MR) is 36.9 cm³/mol. The van der Waals surface area contributed by atoms with Gasteiger partial charge in [0.2, 0.25) is 5.60 Å². The molecule has 0 saturated heterocycles. The smallest absolute Gasteiger partial charge is 0.342 e. The first kappa shape index (κ1) is 7.97. The normalized spacial score (nSPS) is 35.6. The summed E-state index contributed by atoms with van der Waals surface area (Å²) in [5, 5.41) is 26.7. The zero-order valence-electron chi connectivity index (χ0n) is 5.64. The highest BCUT2D eigenvalue weighted by Crippen LogP contribution is 2.17. The molecule has 2 atom stereocenters. The number of hydrogen-bond acceptors (Lipinski definition) is 3. The van der Waals surface area contributed by atoms with Crippen LogP contribution in [0.3, 0.4) is 0 Å². The maximum Gasteiger partial charge on any atom is 0.342 e. The van der Waals surface area contributed by atoms with E-state index >= 15 is 0 Å². The molecule has 0 radical (unpaired) electrons. The largest absolute Gasteiger partial charge is 0.479 e. The second kappa shape index (κ2) is 2.48. The van der Waals surface area contributed by atoms with Crippen LogP contribution in [0.25, 0.3) is 0 Å². The molecular weight excluding hydrogens is 148 g/mol. The molecule has 4 nitrogen and oxygen atoms in total. The number of carboxylic acid groups (broad SMARTS) is 1. The van der Waals surface area contributed by atoms with E-state index in [2.05, 4.69) is 0 Å². The van der Waals surface area contributed by atoms with Crippen LogP contribution in [0.2, 0.25) is 0 Å². The standard InChI is InChI=1S/C7H8O4/c8-5-3-1-2-4-7(5,11)6(9)10/h1-5,8,11H,(H,9,10)/t5-,7-/m0/s1. The molecule has 0 spiro atoms. The number of aliphatic hydroxyl groups excluding tert-OH is 1. The molecule has 0 aliphatic heterocycles. The van der Waals surface area contributed by atoms with E-state index < -0.39 is 17.7 Å². The maximum absolute atomic E-state index is 10.4. The average Bonchev–Trinajstić information content (AvgIpc) is 1.95. The summed E-state index contributed by atoms with van der Waals surface area (Å²) < 4.78 is 0. The summed E-state index contributed by atoms with van der Waals surface area (Å²) in [6.07, 6.45) is 3.74. The second-order valence-electron chi connectivity index (χ2n) is 2.32. The Balaban J connectivity index is 2.94. The van der Waals surface area contributed by atoms with Gasteiger partial charge in [-0.05, 0) is 6.08 Å². The lowest BCUT2D eigenvalue weighted by atomic mass is 9.93. The lowest BCUT2D eigenvalue weighted by molar-refractivity contribution is -0.160. The van der Waals surface area contributed by atoms with E-state index in [4.69, 9.17) is 10.2 Å². The first-order valence-electron chi connectivity index (χ1n) is 3.07. The van der Waals surface area contributed by atoms with Crippen LogP contribution in [0, 0.1) is 0 Å². The van der Waals surface area contributed by atoms with Gasteiger partial charge < -0.3 is 15.3 Å². The van der Waals surface area contributed by atoms with E-state index in [9.17, 15) is 9.90 Å². The number of aliphatic carboxylic acids is 1. The van der Waals surface area contributed by atoms with Crippen LogP contribution in [0.4, 0.5) is 0 Å². The summed E-state index contributed by atoms with van der Waals surface area (Å²) in [6, 6.07) is 0. The van der Waals surface area contributed by atoms with Crippen LogP contribution >= 0.6 is 0 Å². The topological polar surface area (TPSA) is 77.8 Å². The third kappa shape index (κ3) is 1.18. The van der Waals surface area contributed by atoms with E-state index in [0.29, 0.717) is 0 Å². The summed E-state index contributed by atoms with van der Waals surface area (Å²) in [4.78, 5) is 10.4. The summed E-state index contributed by atoms with van der Waals surface area (Å²) in [6.45, 7) is 0. The molecule has 60 valence electrons. The summed E-state index contributed by atoms with van der Waals surface area (Å²) in [5.74, 6) is -1.45. The van der Waals surface area contributed by atoms with Gasteiger partial charge in [-0.1, -0.05) is 18.2 Å². The van der Waals surface area contributed by atoms with Crippen molar-refractivity contribution < 1.29 is 20.1 Å². The molecule has 0 aromatic rings. The molecule has 0 fully saturated rings. The zero-order valence-corrected chi connectivity index (χ0v) is 5.64. The zero-order chi connectivity index (χ0) is 8.48. The Kier molecular flexibility index (Phi) is 1.80. The van der Waals surface area contributed by atoms with Crippen LogP contribution in [0.5, 0.6) is 0 Å². The Morgan fingerprint density at radius 2 is 2.09 bits per heavy atom. The maximum atomic E-state index is 10.4. The fourth-order valence-corrected chi connectivity index (χ4v) is 0.815. The Hall–Kier alpha value is -1.13. The molecule has 0 aromatic heterocycles. The molecule has 11 heavy (non-hydrogen) atoms. The Morgan fingerprint density at radius 1 is 1.45 bits per heavy atom. The Labute approximate surface area is 63.1 Å². The molecule has 0 amide bonds. The van der Waals surface area contributed by atoms with Crippen molar-refractivity contribution in [2.75, 3.05) is 0 Å². The van der Waals surface area contributed by atoms with E-state index in [1.165, 1.54) is 18.2 Å². The lowest BCUT2D eigenvalue weighted by Gasteiger charge is -2.24. The van der Waals surface area contributed by atoms with Crippen LogP contribution in [0.1, 0.15) is 0 Å². The molecule has 0 saturated carbocycles. The molecule has 1 aliphatic rings. The van der Waals surface area contributed by atoms with E-state index in [1.54, 1.807) is 0 Å². The lowest BCUT2D eigenvalue weighted by Crippen LogP contribution is -2.47. The molecule has 0 heterocycles. The Morgan fingerprint density at radius 3 is 2.45 bits per heavy atom. The van der Waals surface area contributed by atoms with Crippen molar-refractivity contribution in [3.8, 4) is 0 Å². The predicted octanol–water partition coefficient (Wildman–Crippen LogP) is -0.711. The highest BCUT2D eigenvalue weighted by Gasteiger charge is 2.40. The number of carboxylic acids is 1. The van der Waals surface area contributed by atoms with Gasteiger partial charge in [-0.15, -0.1) is 0 Å². The number of aliphatic hydroxyl groups is 2. The molecule has 1 aliphatic carbocycles. The SMILES string of the molecule is O=C(O)[C@]1(O)C=CC=C[C@@H]1O. The van der Waals surface area contributed by atoms with Crippen molar-refractivity contribution in [1.29, 1.82) is 0 Å². The van der Waals surface area contributed by atoms with Gasteiger partial charge in [0.25, 0.3) is 0 Å². The first-order valence-corrected chi connectivity index (χ1v) is 3.07. The molecule has 0 unspecified atom stereocenters. The van der Waals surface area contributed by atoms with Crippen molar-refractivity contribution in [2.45, 2.75) is 11.7 Å². The molecule has 0 aromatic carbocycles. The van der Waals surface area contributed by atoms with Gasteiger partial charge in [0.15, 0.2) is 0 Å². The molecule has 4 heteroatoms. The van der Waals surface area contributed by atoms with Crippen molar-refractivity contribution in [3.05, 3.63) is 24.3 Å². The van der Waals surface area contributed by atoms with Gasteiger partial charge in [-0.2, -0.15) is 0 Å². The van der Waals surface area contributed by atoms with Gasteiger partial charge in [0.1, 0.15) is 6.10 Å². The summed E-state index contributed by atoms with van der Waals surface area (Å²) in [7, 11) is 0. The first-order chi connectivity index (χ1) is 5.07. The minimum Gasteiger partial charge on any atom is -0.479 e. The fourth-order valence-electron chi connectivity index (χ4n) is 0.815. The van der Waals surface area contributed by atoms with Crippen LogP contribution in [0.15, 0.2) is 24.3 Å². The van der Waals surface area contributed by atoms with Crippen molar-refractivity contribution >= 4 is 5.97 Å². The van der Waals surface area contributed by atoms with Crippen LogP contribution in [-0.2, 0) is 4.79 Å². The molecule has 3 N–H and O–H groups in total. The Bertz CT molecular complexity index is 231. The van der Waals surface area contributed by atoms with E-state index in [0.717, 1.165) is 6.08 Å². The van der Waals surface area contributed by atoms with Gasteiger partial charge in [-0.25, -0.2) is 4.79 Å². The number of hydrogen-bond donors (Lipinski definition) is 3. The van der Waals surface area contributed by atoms with Crippen LogP contribution in [-0.4, -0.2) is 33.0 Å². The highest BCUT2D eigenvalue weighted by atomic mass is 16.4. The van der Waals surface area contributed by atoms with E-state index in [-0.39, 0.29) is 0 Å². The van der Waals surface area contributed by atoms with Gasteiger partial charge in [-0.3, -0.25) is 0 Å². The van der Waals surface area contributed by atoms with Crippen LogP contribution < -0.4 is 0 Å². The van der Waals surface area contributed by atoms with E-state index in [1.807, 2.05) is 0 Å². The second-order valence-corrected chi connectivity index (χ2v) is 2.32. The fraction of sp³-hybridized carbons (Fsp3) is 0.286. The summed E-state index contributed by atoms with van der Waals surface area (Å²) >= 11 is 0. The van der Waals surface area contributed by atoms with Crippen molar-refractivity contribution in [3.63, 3.8) is 0 Å². The number of carbonyl (C=O) groups is 1. The number of rotatable bonds is 1. The van der Waals surface area contributed by atoms with Gasteiger partial charge in [0, 0.05) is 0 Å². The summed E-state index contributed by atoms with van der Waals surface area (Å²) in [5.41, 5.74) is -2.16. The van der Waals surface area contributed by atoms with Crippen molar-refractivity contribution in [1.82, 2.24) is 0 Å². The quantitative estimate of drug-likeness (QED) is 0.468. The molecular formula is C7H8O4. The van der Waals surface area contributed by atoms with Gasteiger partial charge >= 0.3 is 5.97 Å². The third-order valence-corrected chi connectivity index (χ3v) is 1.55. The number of allylic oxidation sites excluding steroid dienone is 2. The minimum atomic E-state index is -2.16. The molecule has 1 rings (SSSR count). The van der Waals surface area contributed by atoms with Gasteiger partial charge in [0.05, 0.1) is 0 Å².